The van der Waals surface area contributed by atoms with Crippen LogP contribution in [0.25, 0.3) is 55.6 Å². The van der Waals surface area contributed by atoms with Crippen LogP contribution in [0.5, 0.6) is 0 Å². The first kappa shape index (κ1) is 43.3. The van der Waals surface area contributed by atoms with Gasteiger partial charge in [0.25, 0.3) is 0 Å². The van der Waals surface area contributed by atoms with E-state index in [9.17, 15) is 0 Å². The zero-order valence-corrected chi connectivity index (χ0v) is 39.0. The lowest BCUT2D eigenvalue weighted by Gasteiger charge is -2.34. The van der Waals surface area contributed by atoms with Crippen molar-refractivity contribution in [1.29, 1.82) is 0 Å². The molecule has 0 atom stereocenters. The maximum atomic E-state index is 7.87. The molecule has 0 bridgehead atoms. The second-order valence-corrected chi connectivity index (χ2v) is 17.5. The first-order valence-corrected chi connectivity index (χ1v) is 23.3. The predicted molar refractivity (Wildman–Crippen MR) is 291 cm³/mol. The van der Waals surface area contributed by atoms with Gasteiger partial charge < -0.3 is 21.3 Å². The highest BCUT2D eigenvalue weighted by Crippen LogP contribution is 2.58. The Morgan fingerprint density at radius 3 is 0.912 bits per heavy atom. The summed E-state index contributed by atoms with van der Waals surface area (Å²) >= 11 is 0. The van der Waals surface area contributed by atoms with Crippen LogP contribution in [0.4, 0.5) is 45.5 Å². The first-order chi connectivity index (χ1) is 33.3. The third-order valence-corrected chi connectivity index (χ3v) is 13.2. The van der Waals surface area contributed by atoms with Crippen LogP contribution >= 0.6 is 0 Å². The number of nitrogens with zero attached hydrogens (tertiary/aromatic N) is 2. The summed E-state index contributed by atoms with van der Waals surface area (Å²) in [7, 11) is 0. The van der Waals surface area contributed by atoms with Gasteiger partial charge in [0.1, 0.15) is 0 Å². The SMILES string of the molecule is Cc1ccccc1N(c1ccccc1C)c1ccccc1-c1c(N)c(N)c(-c2ccccc2-c2ccccc2)c(-c2ccccc2)c1-c1ccccc1N(c1ccccc1C)c1ccccc1C. The minimum Gasteiger partial charge on any atom is -0.397 e. The van der Waals surface area contributed by atoms with Gasteiger partial charge in [-0.15, -0.1) is 0 Å². The number of para-hydroxylation sites is 6. The molecule has 0 unspecified atom stereocenters. The van der Waals surface area contributed by atoms with E-state index in [2.05, 4.69) is 268 Å². The zero-order chi connectivity index (χ0) is 46.7. The van der Waals surface area contributed by atoms with Crippen LogP contribution in [0.3, 0.4) is 0 Å². The van der Waals surface area contributed by atoms with E-state index < -0.39 is 0 Å². The number of aryl methyl sites for hydroxylation is 4. The van der Waals surface area contributed by atoms with Crippen molar-refractivity contribution in [3.8, 4) is 55.6 Å². The van der Waals surface area contributed by atoms with Gasteiger partial charge in [0.2, 0.25) is 0 Å². The smallest absolute Gasteiger partial charge is 0.0641 e. The number of hydrogen-bond acceptors (Lipinski definition) is 4. The molecule has 0 aliphatic rings. The molecule has 0 saturated carbocycles. The van der Waals surface area contributed by atoms with Crippen LogP contribution in [-0.2, 0) is 0 Å². The lowest BCUT2D eigenvalue weighted by Crippen LogP contribution is -2.15. The molecule has 0 aliphatic carbocycles. The fourth-order valence-electron chi connectivity index (χ4n) is 9.88. The third-order valence-electron chi connectivity index (χ3n) is 13.2. The van der Waals surface area contributed by atoms with Gasteiger partial charge in [0.15, 0.2) is 0 Å². The van der Waals surface area contributed by atoms with Crippen molar-refractivity contribution in [3.63, 3.8) is 0 Å². The van der Waals surface area contributed by atoms with Gasteiger partial charge >= 0.3 is 0 Å². The summed E-state index contributed by atoms with van der Waals surface area (Å²) in [5, 5.41) is 0. The largest absolute Gasteiger partial charge is 0.397 e. The van der Waals surface area contributed by atoms with Crippen molar-refractivity contribution in [2.45, 2.75) is 27.7 Å². The Labute approximate surface area is 401 Å². The summed E-state index contributed by atoms with van der Waals surface area (Å²) in [6.45, 7) is 8.72. The monoisotopic (exact) mass is 878 g/mol. The molecule has 0 radical (unpaired) electrons. The minimum absolute atomic E-state index is 0.507. The summed E-state index contributed by atoms with van der Waals surface area (Å²) in [4.78, 5) is 4.81. The van der Waals surface area contributed by atoms with E-state index in [1.807, 2.05) is 0 Å². The second-order valence-electron chi connectivity index (χ2n) is 17.5. The average Bonchev–Trinajstić information content (AvgIpc) is 3.38. The highest BCUT2D eigenvalue weighted by atomic mass is 15.2. The number of anilines is 8. The Kier molecular flexibility index (Phi) is 11.9. The molecule has 0 amide bonds. The lowest BCUT2D eigenvalue weighted by atomic mass is 9.78. The maximum Gasteiger partial charge on any atom is 0.0641 e. The first-order valence-electron chi connectivity index (χ1n) is 23.3. The second kappa shape index (κ2) is 18.7. The molecule has 0 spiro atoms. The van der Waals surface area contributed by atoms with E-state index in [0.717, 1.165) is 112 Å². The molecule has 0 aliphatic heterocycles. The minimum atomic E-state index is 0.507. The summed E-state index contributed by atoms with van der Waals surface area (Å²) in [6, 6.07) is 81.7. The zero-order valence-electron chi connectivity index (χ0n) is 39.0. The highest BCUT2D eigenvalue weighted by molar-refractivity contribution is 6.16. The summed E-state index contributed by atoms with van der Waals surface area (Å²) in [6.07, 6.45) is 0. The molecule has 330 valence electrons. The van der Waals surface area contributed by atoms with Gasteiger partial charge in [-0.3, -0.25) is 0 Å². The normalized spacial score (nSPS) is 11.1. The fourth-order valence-corrected chi connectivity index (χ4v) is 9.88. The number of nitrogens with two attached hydrogens (primary N) is 2. The van der Waals surface area contributed by atoms with Crippen LogP contribution in [0.2, 0.25) is 0 Å². The quantitative estimate of drug-likeness (QED) is 0.127. The Bertz CT molecular complexity index is 3340. The fraction of sp³-hybridized carbons (Fsp3) is 0.0625. The van der Waals surface area contributed by atoms with Crippen LogP contribution in [0, 0.1) is 27.7 Å². The molecular formula is C64H54N4. The Morgan fingerprint density at radius 2 is 0.515 bits per heavy atom. The van der Waals surface area contributed by atoms with Crippen LogP contribution < -0.4 is 21.3 Å². The Morgan fingerprint density at radius 1 is 0.235 bits per heavy atom. The molecule has 10 rings (SSSR count). The summed E-state index contributed by atoms with van der Waals surface area (Å²) < 4.78 is 0. The predicted octanol–water partition coefficient (Wildman–Crippen LogP) is 17.4. The van der Waals surface area contributed by atoms with Crippen LogP contribution in [-0.4, -0.2) is 0 Å². The van der Waals surface area contributed by atoms with E-state index >= 15 is 0 Å². The van der Waals surface area contributed by atoms with Crippen molar-refractivity contribution in [3.05, 3.63) is 253 Å². The van der Waals surface area contributed by atoms with Crippen molar-refractivity contribution in [1.82, 2.24) is 0 Å². The molecule has 10 aromatic rings. The standard InChI is InChI=1S/C64H54N4/c1-43-25-11-19-37-53(43)67(54-38-20-12-26-44(54)2)57-41-23-17-35-51(57)60-59(48-31-9-6-10-32-48)61(50-34-16-15-33-49(50)47-29-7-5-8-30-47)63(65)64(66)62(60)52-36-18-24-42-58(52)68(55-39-21-13-27-45(55)3)56-40-22-14-28-46(56)4/h5-42H,65-66H2,1-4H3. The molecular weight excluding hydrogens is 825 g/mol. The van der Waals surface area contributed by atoms with Crippen molar-refractivity contribution in [2.75, 3.05) is 21.3 Å². The molecule has 68 heavy (non-hydrogen) atoms. The van der Waals surface area contributed by atoms with Gasteiger partial charge in [-0.25, -0.2) is 0 Å². The van der Waals surface area contributed by atoms with E-state index in [1.165, 1.54) is 0 Å². The van der Waals surface area contributed by atoms with Gasteiger partial charge in [-0.05, 0) is 109 Å². The summed E-state index contributed by atoms with van der Waals surface area (Å²) in [5.74, 6) is 0. The Balaban J connectivity index is 1.41. The molecule has 0 heterocycles. The number of benzene rings is 10. The molecule has 4 heteroatoms. The van der Waals surface area contributed by atoms with Crippen molar-refractivity contribution in [2.24, 2.45) is 0 Å². The van der Waals surface area contributed by atoms with Crippen LogP contribution in [0.15, 0.2) is 231 Å². The van der Waals surface area contributed by atoms with Gasteiger partial charge in [-0.1, -0.05) is 194 Å². The summed E-state index contributed by atoms with van der Waals surface area (Å²) in [5.41, 5.74) is 37.4. The maximum absolute atomic E-state index is 7.87. The van der Waals surface area contributed by atoms with Gasteiger partial charge in [0.05, 0.1) is 22.7 Å². The van der Waals surface area contributed by atoms with Gasteiger partial charge in [-0.2, -0.15) is 0 Å². The average molecular weight is 879 g/mol. The number of nitrogen functional groups attached to an aromatic ring is 2. The molecule has 4 N–H and O–H groups in total. The molecule has 0 fully saturated rings. The third kappa shape index (κ3) is 7.86. The molecule has 0 saturated heterocycles. The van der Waals surface area contributed by atoms with E-state index in [0.29, 0.717) is 11.4 Å². The molecule has 10 aromatic carbocycles. The molecule has 4 nitrogen and oxygen atoms in total. The van der Waals surface area contributed by atoms with Crippen molar-refractivity contribution < 1.29 is 0 Å². The van der Waals surface area contributed by atoms with Crippen LogP contribution in [0.1, 0.15) is 22.3 Å². The van der Waals surface area contributed by atoms with E-state index in [4.69, 9.17) is 11.5 Å². The molecule has 0 aromatic heterocycles. The van der Waals surface area contributed by atoms with E-state index in [-0.39, 0.29) is 0 Å². The topological polar surface area (TPSA) is 58.5 Å². The van der Waals surface area contributed by atoms with Crippen molar-refractivity contribution >= 4 is 45.5 Å². The van der Waals surface area contributed by atoms with E-state index in [1.54, 1.807) is 0 Å². The highest BCUT2D eigenvalue weighted by Gasteiger charge is 2.32. The number of hydrogen-bond donors (Lipinski definition) is 2. The van der Waals surface area contributed by atoms with Gasteiger partial charge in [0, 0.05) is 56.1 Å². The Hall–Kier alpha value is -8.60. The lowest BCUT2D eigenvalue weighted by molar-refractivity contribution is 1.22. The number of rotatable bonds is 11.